The smallest absolute Gasteiger partial charge is 0.496 e. The zero-order valence-corrected chi connectivity index (χ0v) is 35.9. The van der Waals surface area contributed by atoms with Gasteiger partial charge in [-0.25, -0.2) is 4.79 Å². The number of benzene rings is 4. The molecule has 56 heavy (non-hydrogen) atoms. The molecule has 0 spiro atoms. The van der Waals surface area contributed by atoms with Gasteiger partial charge < -0.3 is 36.4 Å². The summed E-state index contributed by atoms with van der Waals surface area (Å²) in [6, 6.07) is 38.1. The number of carbonyl (C=O) groups excluding carboxylic acids is 1. The average Bonchev–Trinajstić information content (AvgIpc) is 3.56. The molecule has 1 radical (unpaired) electrons. The summed E-state index contributed by atoms with van der Waals surface area (Å²) < 4.78 is 56.8. The number of likely N-dealkylation sites (tertiary alicyclic amines) is 1. The first-order valence-corrected chi connectivity index (χ1v) is 21.2. The molecule has 13 heteroatoms. The van der Waals surface area contributed by atoms with Gasteiger partial charge in [-0.15, -0.1) is 0 Å². The maximum Gasteiger partial charge on any atom is 0.673 e. The van der Waals surface area contributed by atoms with Crippen molar-refractivity contribution in [1.82, 2.24) is 4.90 Å². The second-order valence-corrected chi connectivity index (χ2v) is 18.7. The molecule has 0 bridgehead atoms. The van der Waals surface area contributed by atoms with Crippen LogP contribution in [0.1, 0.15) is 46.5 Å². The summed E-state index contributed by atoms with van der Waals surface area (Å²) >= 11 is 0. The third-order valence-electron chi connectivity index (χ3n) is 8.67. The Morgan fingerprint density at radius 1 is 0.607 bits per heavy atom. The summed E-state index contributed by atoms with van der Waals surface area (Å²) in [7, 11) is -4.38. The largest absolute Gasteiger partial charge is 0.673 e. The molecule has 1 saturated heterocycles. The predicted molar refractivity (Wildman–Crippen MR) is 224 cm³/mol. The Balaban J connectivity index is 0.000000512. The zero-order valence-electron chi connectivity index (χ0n) is 32.5. The minimum absolute atomic E-state index is 0. The Kier molecular flexibility index (Phi) is 19.3. The van der Waals surface area contributed by atoms with E-state index in [1.54, 1.807) is 14.2 Å². The molecule has 1 aliphatic heterocycles. The van der Waals surface area contributed by atoms with Gasteiger partial charge in [0.2, 0.25) is 0 Å². The molecular formula is C43H51BF4NO4P2Rh-. The number of halogens is 4. The minimum Gasteiger partial charge on any atom is -0.496 e. The molecule has 0 saturated carbocycles. The fourth-order valence-electron chi connectivity index (χ4n) is 6.46. The Hall–Kier alpha value is -3.50. The van der Waals surface area contributed by atoms with Crippen LogP contribution in [-0.2, 0) is 24.2 Å². The summed E-state index contributed by atoms with van der Waals surface area (Å²) in [6.07, 6.45) is 13.7. The van der Waals surface area contributed by atoms with E-state index in [0.29, 0.717) is 13.1 Å². The van der Waals surface area contributed by atoms with Crippen LogP contribution < -0.4 is 30.7 Å². The number of rotatable bonds is 8. The number of hydrogen-bond donors (Lipinski definition) is 0. The van der Waals surface area contributed by atoms with E-state index in [9.17, 15) is 22.1 Å². The van der Waals surface area contributed by atoms with Crippen molar-refractivity contribution in [2.24, 2.45) is 0 Å². The van der Waals surface area contributed by atoms with Crippen LogP contribution in [0, 0.1) is 0 Å². The first-order valence-electron chi connectivity index (χ1n) is 18.4. The molecule has 4 aromatic rings. The van der Waals surface area contributed by atoms with Gasteiger partial charge in [-0.2, -0.15) is 0 Å². The molecule has 4 atom stereocenters. The number of allylic oxidation sites excluding steroid dienone is 4. The molecule has 2 unspecified atom stereocenters. The third kappa shape index (κ3) is 14.8. The normalized spacial score (nSPS) is 18.8. The molecule has 1 fully saturated rings. The van der Waals surface area contributed by atoms with E-state index in [0.717, 1.165) is 11.5 Å². The van der Waals surface area contributed by atoms with Crippen LogP contribution in [0.5, 0.6) is 11.5 Å². The van der Waals surface area contributed by atoms with Crippen molar-refractivity contribution >= 4 is 50.4 Å². The molecule has 5 nitrogen and oxygen atoms in total. The van der Waals surface area contributed by atoms with E-state index in [1.165, 1.54) is 46.9 Å². The maximum absolute atomic E-state index is 13.7. The van der Waals surface area contributed by atoms with Crippen molar-refractivity contribution in [3.05, 3.63) is 133 Å². The van der Waals surface area contributed by atoms with Crippen molar-refractivity contribution in [2.75, 3.05) is 27.3 Å². The maximum atomic E-state index is 13.7. The molecule has 1 aliphatic carbocycles. The molecule has 303 valence electrons. The van der Waals surface area contributed by atoms with Gasteiger partial charge in [-0.05, 0) is 85.0 Å². The quantitative estimate of drug-likeness (QED) is 0.0765. The number of para-hydroxylation sites is 2. The predicted octanol–water partition coefficient (Wildman–Crippen LogP) is 10.2. The van der Waals surface area contributed by atoms with Crippen LogP contribution in [0.4, 0.5) is 22.1 Å². The van der Waals surface area contributed by atoms with E-state index >= 15 is 0 Å². The molecule has 2 aliphatic rings. The van der Waals surface area contributed by atoms with Gasteiger partial charge >= 0.3 is 13.3 Å². The minimum atomic E-state index is -6.00. The number of ether oxygens (including phenoxy) is 3. The summed E-state index contributed by atoms with van der Waals surface area (Å²) in [5.74, 6) is 1.76. The van der Waals surface area contributed by atoms with Crippen molar-refractivity contribution in [3.63, 3.8) is 0 Å². The Morgan fingerprint density at radius 3 is 1.25 bits per heavy atom. The topological polar surface area (TPSA) is 48.0 Å². The Morgan fingerprint density at radius 2 is 0.929 bits per heavy atom. The second-order valence-electron chi connectivity index (χ2n) is 13.9. The first kappa shape index (κ1) is 46.9. The van der Waals surface area contributed by atoms with Crippen LogP contribution >= 0.6 is 15.8 Å². The van der Waals surface area contributed by atoms with E-state index in [2.05, 4.69) is 109 Å². The van der Waals surface area contributed by atoms with Crippen LogP contribution in [0.2, 0.25) is 0 Å². The van der Waals surface area contributed by atoms with Crippen LogP contribution in [0.3, 0.4) is 0 Å². The van der Waals surface area contributed by atoms with Gasteiger partial charge in [0.1, 0.15) is 17.1 Å². The molecule has 1 heterocycles. The van der Waals surface area contributed by atoms with Gasteiger partial charge in [0.15, 0.2) is 0 Å². The zero-order chi connectivity index (χ0) is 39.8. The number of methoxy groups -OCH3 is 2. The summed E-state index contributed by atoms with van der Waals surface area (Å²) in [6.45, 7) is 6.96. The van der Waals surface area contributed by atoms with Crippen molar-refractivity contribution in [1.29, 1.82) is 0 Å². The fraction of sp³-hybridized carbons (Fsp3) is 0.326. The van der Waals surface area contributed by atoms with Gasteiger partial charge in [0.05, 0.1) is 14.2 Å². The van der Waals surface area contributed by atoms with E-state index in [-0.39, 0.29) is 36.9 Å². The number of carbonyl (C=O) groups is 1. The number of hydrogen-bond acceptors (Lipinski definition) is 4. The SMILES string of the molecule is C1=C\CC/C=C\CC/1.COc1ccccc1P(c1ccccc1)[C@@H]1CN(C(=O)OC(C)(C)C)C[C@H]1P(c1ccccc1)c1ccccc1OC.F[B-](F)(F)F.[Rh]. The average molecular weight is 898 g/mol. The molecular weight excluding hydrogens is 846 g/mol. The summed E-state index contributed by atoms with van der Waals surface area (Å²) in [5, 5.41) is 4.90. The van der Waals surface area contributed by atoms with E-state index in [4.69, 9.17) is 14.2 Å². The Bertz CT molecular complexity index is 1700. The molecule has 0 aromatic heterocycles. The molecule has 1 amide bonds. The molecule has 0 N–H and O–H groups in total. The van der Waals surface area contributed by atoms with Crippen molar-refractivity contribution < 1.29 is 55.7 Å². The van der Waals surface area contributed by atoms with E-state index in [1.807, 2.05) is 49.9 Å². The third-order valence-corrected chi connectivity index (χ3v) is 14.8. The fourth-order valence-corrected chi connectivity index (χ4v) is 13.2. The monoisotopic (exact) mass is 897 g/mol. The molecule has 4 aromatic carbocycles. The molecule has 6 rings (SSSR count). The number of amides is 1. The van der Waals surface area contributed by atoms with Crippen LogP contribution in [-0.4, -0.2) is 62.5 Å². The van der Waals surface area contributed by atoms with Gasteiger partial charge in [0.25, 0.3) is 0 Å². The second kappa shape index (κ2) is 23.0. The number of nitrogens with zero attached hydrogens (tertiary/aromatic N) is 1. The Labute approximate surface area is 345 Å². The van der Waals surface area contributed by atoms with Crippen molar-refractivity contribution in [2.45, 2.75) is 63.4 Å². The summed E-state index contributed by atoms with van der Waals surface area (Å²) in [5.41, 5.74) is -0.297. The van der Waals surface area contributed by atoms with Gasteiger partial charge in [-0.3, -0.25) is 0 Å². The standard InChI is InChI=1S/C35H39NO4P2.C8H12.BF4.Rh/c1-35(2,3)40-34(37)36-24-32(41(26-16-8-6-9-17-26)30-22-14-12-20-28(30)38-4)33(25-36)42(27-18-10-7-11-19-27)31-23-15-13-21-29(31)39-5;1-2-4-6-8-7-5-3-1;2-1(3,4)5;/h6-23,32-33H,24-25H2,1-5H3;1-2,7-8H,3-6H2;;/q;;-1;/b;2-1-,8-7-;;/t32-,33-,41?,42?;;;/m1.../s1. The van der Waals surface area contributed by atoms with Crippen LogP contribution in [0.25, 0.3) is 0 Å². The van der Waals surface area contributed by atoms with Gasteiger partial charge in [-0.1, -0.05) is 121 Å². The first-order chi connectivity index (χ1) is 26.3. The van der Waals surface area contributed by atoms with E-state index < -0.39 is 28.7 Å². The summed E-state index contributed by atoms with van der Waals surface area (Å²) in [4.78, 5) is 15.6. The van der Waals surface area contributed by atoms with Crippen LogP contribution in [0.15, 0.2) is 133 Å². The van der Waals surface area contributed by atoms with Gasteiger partial charge in [0, 0.05) is 54.5 Å². The van der Waals surface area contributed by atoms with Crippen molar-refractivity contribution in [3.8, 4) is 11.5 Å².